The second-order valence-electron chi connectivity index (χ2n) is 6.88. The lowest BCUT2D eigenvalue weighted by molar-refractivity contribution is 0.295. The first-order valence-electron chi connectivity index (χ1n) is 8.95. The standard InChI is InChI=1S/C19H24FNO3S2/c1-3-13(2)17-5-4-15(20)10-18(17)24-11-16-12-25-19(21-16)14-6-8-26(22,23)9-7-14/h4-5,10,12-14H,3,6-9,11H2,1-2H3. The number of aromatic nitrogens is 1. The summed E-state index contributed by atoms with van der Waals surface area (Å²) in [5.74, 6) is 1.24. The Labute approximate surface area is 158 Å². The Kier molecular flexibility index (Phi) is 5.97. The molecule has 7 heteroatoms. The number of nitrogens with zero attached hydrogens (tertiary/aromatic N) is 1. The highest BCUT2D eigenvalue weighted by Crippen LogP contribution is 2.33. The van der Waals surface area contributed by atoms with Gasteiger partial charge in [0.1, 0.15) is 28.0 Å². The van der Waals surface area contributed by atoms with Gasteiger partial charge in [0.15, 0.2) is 0 Å². The number of hydrogen-bond donors (Lipinski definition) is 0. The molecule has 1 aliphatic heterocycles. The van der Waals surface area contributed by atoms with Crippen molar-refractivity contribution in [1.29, 1.82) is 0 Å². The first-order valence-corrected chi connectivity index (χ1v) is 11.6. The predicted molar refractivity (Wildman–Crippen MR) is 102 cm³/mol. The van der Waals surface area contributed by atoms with Crippen molar-refractivity contribution >= 4 is 21.2 Å². The van der Waals surface area contributed by atoms with Crippen molar-refractivity contribution in [1.82, 2.24) is 4.98 Å². The zero-order valence-electron chi connectivity index (χ0n) is 15.1. The van der Waals surface area contributed by atoms with Gasteiger partial charge in [-0.25, -0.2) is 17.8 Å². The highest BCUT2D eigenvalue weighted by Gasteiger charge is 2.26. The van der Waals surface area contributed by atoms with Crippen LogP contribution < -0.4 is 4.74 Å². The van der Waals surface area contributed by atoms with E-state index in [0.29, 0.717) is 24.5 Å². The summed E-state index contributed by atoms with van der Waals surface area (Å²) in [6, 6.07) is 4.68. The van der Waals surface area contributed by atoms with Crippen LogP contribution in [0.3, 0.4) is 0 Å². The molecule has 1 aliphatic rings. The van der Waals surface area contributed by atoms with E-state index in [-0.39, 0.29) is 29.8 Å². The fourth-order valence-electron chi connectivity index (χ4n) is 3.13. The molecule has 0 saturated carbocycles. The van der Waals surface area contributed by atoms with E-state index < -0.39 is 9.84 Å². The van der Waals surface area contributed by atoms with Crippen LogP contribution in [0.15, 0.2) is 23.6 Å². The van der Waals surface area contributed by atoms with Crippen LogP contribution in [0.25, 0.3) is 0 Å². The molecule has 0 N–H and O–H groups in total. The van der Waals surface area contributed by atoms with Crippen LogP contribution >= 0.6 is 11.3 Å². The number of benzene rings is 1. The van der Waals surface area contributed by atoms with E-state index in [4.69, 9.17) is 4.74 Å². The smallest absolute Gasteiger partial charge is 0.150 e. The van der Waals surface area contributed by atoms with Gasteiger partial charge < -0.3 is 4.74 Å². The van der Waals surface area contributed by atoms with E-state index in [2.05, 4.69) is 18.8 Å². The quantitative estimate of drug-likeness (QED) is 0.711. The SMILES string of the molecule is CCC(C)c1ccc(F)cc1OCc1csc(C2CCS(=O)(=O)CC2)n1. The summed E-state index contributed by atoms with van der Waals surface area (Å²) in [5.41, 5.74) is 1.81. The molecule has 1 atom stereocenters. The minimum Gasteiger partial charge on any atom is -0.487 e. The highest BCUT2D eigenvalue weighted by molar-refractivity contribution is 7.91. The fraction of sp³-hybridized carbons (Fsp3) is 0.526. The summed E-state index contributed by atoms with van der Waals surface area (Å²) in [5, 5.41) is 2.92. The van der Waals surface area contributed by atoms with E-state index in [0.717, 1.165) is 22.7 Å². The first-order chi connectivity index (χ1) is 12.4. The lowest BCUT2D eigenvalue weighted by Gasteiger charge is -2.19. The second kappa shape index (κ2) is 8.05. The maximum Gasteiger partial charge on any atom is 0.150 e. The highest BCUT2D eigenvalue weighted by atomic mass is 32.2. The Bertz CT molecular complexity index is 849. The molecule has 0 bridgehead atoms. The van der Waals surface area contributed by atoms with Crippen molar-refractivity contribution in [3.8, 4) is 5.75 Å². The monoisotopic (exact) mass is 397 g/mol. The first kappa shape index (κ1) is 19.3. The predicted octanol–water partition coefficient (Wildman–Crippen LogP) is 4.67. The summed E-state index contributed by atoms with van der Waals surface area (Å²) in [6.45, 7) is 4.47. The molecule has 2 aromatic rings. The Hall–Kier alpha value is -1.47. The summed E-state index contributed by atoms with van der Waals surface area (Å²) in [7, 11) is -2.87. The zero-order chi connectivity index (χ0) is 18.7. The van der Waals surface area contributed by atoms with Crippen LogP contribution in [0, 0.1) is 5.82 Å². The van der Waals surface area contributed by atoms with Gasteiger partial charge in [-0.15, -0.1) is 11.3 Å². The molecule has 1 unspecified atom stereocenters. The van der Waals surface area contributed by atoms with Crippen molar-refractivity contribution in [2.24, 2.45) is 0 Å². The Morgan fingerprint density at radius 1 is 1.35 bits per heavy atom. The normalized spacial score (nSPS) is 18.6. The fourth-order valence-corrected chi connectivity index (χ4v) is 5.59. The van der Waals surface area contributed by atoms with Gasteiger partial charge in [0.2, 0.25) is 0 Å². The second-order valence-corrected chi connectivity index (χ2v) is 10.1. The summed E-state index contributed by atoms with van der Waals surface area (Å²) in [4.78, 5) is 4.62. The molecule has 3 rings (SSSR count). The van der Waals surface area contributed by atoms with E-state index >= 15 is 0 Å². The van der Waals surface area contributed by atoms with Crippen molar-refractivity contribution in [2.75, 3.05) is 11.5 Å². The van der Waals surface area contributed by atoms with E-state index in [1.54, 1.807) is 17.4 Å². The number of hydrogen-bond acceptors (Lipinski definition) is 5. The van der Waals surface area contributed by atoms with E-state index in [1.807, 2.05) is 5.38 Å². The molecule has 0 amide bonds. The molecule has 0 aliphatic carbocycles. The third-order valence-corrected chi connectivity index (χ3v) is 7.74. The van der Waals surface area contributed by atoms with E-state index in [9.17, 15) is 12.8 Å². The van der Waals surface area contributed by atoms with Crippen LogP contribution in [0.5, 0.6) is 5.75 Å². The Morgan fingerprint density at radius 3 is 2.77 bits per heavy atom. The molecule has 1 fully saturated rings. The summed E-state index contributed by atoms with van der Waals surface area (Å²) >= 11 is 1.55. The Morgan fingerprint density at radius 2 is 2.08 bits per heavy atom. The third kappa shape index (κ3) is 4.62. The van der Waals surface area contributed by atoms with Gasteiger partial charge in [0.25, 0.3) is 0 Å². The molecule has 0 spiro atoms. The van der Waals surface area contributed by atoms with Crippen LogP contribution in [-0.2, 0) is 16.4 Å². The van der Waals surface area contributed by atoms with Gasteiger partial charge >= 0.3 is 0 Å². The van der Waals surface area contributed by atoms with Crippen LogP contribution in [-0.4, -0.2) is 24.9 Å². The van der Waals surface area contributed by atoms with Crippen molar-refractivity contribution in [3.63, 3.8) is 0 Å². The minimum absolute atomic E-state index is 0.210. The molecule has 4 nitrogen and oxygen atoms in total. The molecular formula is C19H24FNO3S2. The topological polar surface area (TPSA) is 56.3 Å². The third-order valence-electron chi connectivity index (χ3n) is 4.97. The average Bonchev–Trinajstić information content (AvgIpc) is 3.08. The molecule has 1 aromatic carbocycles. The molecule has 142 valence electrons. The molecule has 1 saturated heterocycles. The van der Waals surface area contributed by atoms with Gasteiger partial charge in [0.05, 0.1) is 22.2 Å². The van der Waals surface area contributed by atoms with Crippen LogP contribution in [0.4, 0.5) is 4.39 Å². The average molecular weight is 398 g/mol. The van der Waals surface area contributed by atoms with Crippen LogP contribution in [0.1, 0.15) is 61.2 Å². The number of rotatable bonds is 6. The van der Waals surface area contributed by atoms with Gasteiger partial charge in [-0.1, -0.05) is 19.9 Å². The van der Waals surface area contributed by atoms with Gasteiger partial charge in [0, 0.05) is 17.4 Å². The number of sulfone groups is 1. The minimum atomic E-state index is -2.87. The molecule has 26 heavy (non-hydrogen) atoms. The van der Waals surface area contributed by atoms with Crippen molar-refractivity contribution in [3.05, 3.63) is 45.7 Å². The maximum atomic E-state index is 13.6. The van der Waals surface area contributed by atoms with Crippen molar-refractivity contribution < 1.29 is 17.5 Å². The Balaban J connectivity index is 1.66. The maximum absolute atomic E-state index is 13.6. The van der Waals surface area contributed by atoms with Crippen LogP contribution in [0.2, 0.25) is 0 Å². The van der Waals surface area contributed by atoms with E-state index in [1.165, 1.54) is 12.1 Å². The number of ether oxygens (including phenoxy) is 1. The number of thiazole rings is 1. The summed E-state index contributed by atoms with van der Waals surface area (Å²) in [6.07, 6.45) is 2.23. The lowest BCUT2D eigenvalue weighted by Crippen LogP contribution is -2.22. The summed E-state index contributed by atoms with van der Waals surface area (Å²) < 4.78 is 42.6. The number of halogens is 1. The molecule has 2 heterocycles. The molecule has 0 radical (unpaired) electrons. The van der Waals surface area contributed by atoms with Gasteiger partial charge in [-0.05, 0) is 36.8 Å². The zero-order valence-corrected chi connectivity index (χ0v) is 16.7. The molecule has 1 aromatic heterocycles. The van der Waals surface area contributed by atoms with Crippen molar-refractivity contribution in [2.45, 2.75) is 51.6 Å². The molecular weight excluding hydrogens is 373 g/mol. The van der Waals surface area contributed by atoms with Gasteiger partial charge in [-0.3, -0.25) is 0 Å². The van der Waals surface area contributed by atoms with Gasteiger partial charge in [-0.2, -0.15) is 0 Å². The largest absolute Gasteiger partial charge is 0.487 e. The lowest BCUT2D eigenvalue weighted by atomic mass is 9.98.